The first kappa shape index (κ1) is 22.7. The number of hydrogen-bond acceptors (Lipinski definition) is 2. The summed E-state index contributed by atoms with van der Waals surface area (Å²) in [6, 6.07) is 13.7. The average Bonchev–Trinajstić information content (AvgIpc) is 2.70. The van der Waals surface area contributed by atoms with Gasteiger partial charge in [-0.1, -0.05) is 56.3 Å². The third-order valence-corrected chi connectivity index (χ3v) is 5.46. The molecule has 156 valence electrons. The number of nitrogens with one attached hydrogen (secondary N) is 1. The van der Waals surface area contributed by atoms with Crippen LogP contribution in [0.4, 0.5) is 0 Å². The average molecular weight is 395 g/mol. The van der Waals surface area contributed by atoms with E-state index in [2.05, 4.69) is 31.3 Å². The molecule has 1 atom stereocenters. The summed E-state index contributed by atoms with van der Waals surface area (Å²) in [7, 11) is 0. The predicted molar refractivity (Wildman–Crippen MR) is 119 cm³/mol. The number of hydrogen-bond donors (Lipinski definition) is 1. The molecule has 0 saturated heterocycles. The Labute approximate surface area is 175 Å². The molecule has 1 unspecified atom stereocenters. The van der Waals surface area contributed by atoms with Crippen LogP contribution >= 0.6 is 0 Å². The van der Waals surface area contributed by atoms with E-state index < -0.39 is 6.04 Å². The number of nitrogens with zero attached hydrogens (tertiary/aromatic N) is 1. The number of carbonyl (C=O) groups is 2. The fourth-order valence-corrected chi connectivity index (χ4v) is 3.45. The number of carbonyl (C=O) groups excluding carboxylic acids is 2. The van der Waals surface area contributed by atoms with E-state index in [4.69, 9.17) is 0 Å². The van der Waals surface area contributed by atoms with Crippen LogP contribution in [0.25, 0.3) is 0 Å². The van der Waals surface area contributed by atoms with Crippen molar-refractivity contribution in [3.05, 3.63) is 70.3 Å². The molecule has 2 aromatic carbocycles. The summed E-state index contributed by atoms with van der Waals surface area (Å²) in [5, 5.41) is 2.97. The molecule has 0 fully saturated rings. The van der Waals surface area contributed by atoms with Gasteiger partial charge in [-0.3, -0.25) is 9.59 Å². The van der Waals surface area contributed by atoms with Gasteiger partial charge in [0.15, 0.2) is 0 Å². The number of benzene rings is 2. The molecule has 0 saturated carbocycles. The lowest BCUT2D eigenvalue weighted by molar-refractivity contribution is -0.140. The fourth-order valence-electron chi connectivity index (χ4n) is 3.45. The van der Waals surface area contributed by atoms with E-state index in [1.807, 2.05) is 51.1 Å². The molecular formula is C25H34N2O2. The standard InChI is InChI=1S/C25H34N2O2/c1-6-14-26-25(29)23(7-2)27(17-22-11-9-8-10-19(22)4)24(28)16-21-13-12-18(3)20(5)15-21/h8-13,15,23H,6-7,14,16-17H2,1-5H3,(H,26,29). The van der Waals surface area contributed by atoms with Crippen molar-refractivity contribution in [3.8, 4) is 0 Å². The second-order valence-electron chi connectivity index (χ2n) is 7.76. The molecule has 1 N–H and O–H groups in total. The molecule has 4 nitrogen and oxygen atoms in total. The summed E-state index contributed by atoms with van der Waals surface area (Å²) in [4.78, 5) is 27.9. The highest BCUT2D eigenvalue weighted by molar-refractivity contribution is 5.88. The first-order valence-electron chi connectivity index (χ1n) is 10.5. The Hall–Kier alpha value is -2.62. The molecule has 0 aliphatic heterocycles. The van der Waals surface area contributed by atoms with Gasteiger partial charge in [0, 0.05) is 13.1 Å². The third-order valence-electron chi connectivity index (χ3n) is 5.46. The summed E-state index contributed by atoms with van der Waals surface area (Å²) >= 11 is 0. The molecule has 0 radical (unpaired) electrons. The quantitative estimate of drug-likeness (QED) is 0.681. The van der Waals surface area contributed by atoms with Gasteiger partial charge in [0.1, 0.15) is 6.04 Å². The van der Waals surface area contributed by atoms with Gasteiger partial charge >= 0.3 is 0 Å². The third kappa shape index (κ3) is 6.18. The molecule has 0 heterocycles. The maximum absolute atomic E-state index is 13.3. The van der Waals surface area contributed by atoms with E-state index in [0.717, 1.165) is 23.1 Å². The van der Waals surface area contributed by atoms with Crippen LogP contribution in [0, 0.1) is 20.8 Å². The molecule has 0 aromatic heterocycles. The van der Waals surface area contributed by atoms with E-state index >= 15 is 0 Å². The highest BCUT2D eigenvalue weighted by Gasteiger charge is 2.28. The lowest BCUT2D eigenvalue weighted by Gasteiger charge is -2.31. The van der Waals surface area contributed by atoms with Crippen LogP contribution in [-0.4, -0.2) is 29.3 Å². The van der Waals surface area contributed by atoms with Gasteiger partial charge in [-0.2, -0.15) is 0 Å². The minimum Gasteiger partial charge on any atom is -0.354 e. The second kappa shape index (κ2) is 10.8. The van der Waals surface area contributed by atoms with Crippen molar-refractivity contribution < 1.29 is 9.59 Å². The second-order valence-corrected chi connectivity index (χ2v) is 7.76. The Bertz CT molecular complexity index is 844. The van der Waals surface area contributed by atoms with Gasteiger partial charge in [-0.05, 0) is 61.4 Å². The maximum Gasteiger partial charge on any atom is 0.242 e. The van der Waals surface area contributed by atoms with Gasteiger partial charge in [-0.25, -0.2) is 0 Å². The predicted octanol–water partition coefficient (Wildman–Crippen LogP) is 4.49. The SMILES string of the molecule is CCCNC(=O)C(CC)N(Cc1ccccc1C)C(=O)Cc1ccc(C)c(C)c1. The molecule has 0 spiro atoms. The van der Waals surface area contributed by atoms with E-state index in [9.17, 15) is 9.59 Å². The molecule has 2 amide bonds. The van der Waals surface area contributed by atoms with Crippen LogP contribution in [0.3, 0.4) is 0 Å². The topological polar surface area (TPSA) is 49.4 Å². The zero-order chi connectivity index (χ0) is 21.4. The Kier molecular flexibility index (Phi) is 8.44. The fraction of sp³-hybridized carbons (Fsp3) is 0.440. The van der Waals surface area contributed by atoms with E-state index in [-0.39, 0.29) is 11.8 Å². The molecule has 4 heteroatoms. The number of aryl methyl sites for hydroxylation is 3. The van der Waals surface area contributed by atoms with Crippen LogP contribution in [0.1, 0.15) is 54.5 Å². The normalized spacial score (nSPS) is 11.8. The van der Waals surface area contributed by atoms with E-state index in [0.29, 0.717) is 25.9 Å². The summed E-state index contributed by atoms with van der Waals surface area (Å²) in [5.41, 5.74) is 5.57. The van der Waals surface area contributed by atoms with Gasteiger partial charge in [-0.15, -0.1) is 0 Å². The van der Waals surface area contributed by atoms with Crippen molar-refractivity contribution >= 4 is 11.8 Å². The van der Waals surface area contributed by atoms with Crippen molar-refractivity contribution in [1.82, 2.24) is 10.2 Å². The van der Waals surface area contributed by atoms with Crippen molar-refractivity contribution in [2.45, 2.75) is 66.5 Å². The molecule has 2 aromatic rings. The zero-order valence-corrected chi connectivity index (χ0v) is 18.4. The van der Waals surface area contributed by atoms with Crippen molar-refractivity contribution in [2.24, 2.45) is 0 Å². The Morgan fingerprint density at radius 2 is 1.69 bits per heavy atom. The minimum atomic E-state index is -0.472. The van der Waals surface area contributed by atoms with Crippen molar-refractivity contribution in [2.75, 3.05) is 6.54 Å². The van der Waals surface area contributed by atoms with E-state index in [1.165, 1.54) is 11.1 Å². The van der Waals surface area contributed by atoms with Gasteiger partial charge in [0.25, 0.3) is 0 Å². The molecule has 0 aliphatic rings. The van der Waals surface area contributed by atoms with Gasteiger partial charge in [0.2, 0.25) is 11.8 Å². The van der Waals surface area contributed by atoms with Crippen LogP contribution < -0.4 is 5.32 Å². The van der Waals surface area contributed by atoms with Crippen LogP contribution in [0.15, 0.2) is 42.5 Å². The van der Waals surface area contributed by atoms with Gasteiger partial charge in [0.05, 0.1) is 6.42 Å². The molecule has 2 rings (SSSR count). The number of amides is 2. The van der Waals surface area contributed by atoms with E-state index in [1.54, 1.807) is 4.90 Å². The monoisotopic (exact) mass is 394 g/mol. The minimum absolute atomic E-state index is 0.0185. The molecule has 0 bridgehead atoms. The lowest BCUT2D eigenvalue weighted by Crippen LogP contribution is -2.49. The zero-order valence-electron chi connectivity index (χ0n) is 18.4. The first-order chi connectivity index (χ1) is 13.9. The summed E-state index contributed by atoms with van der Waals surface area (Å²) in [6.45, 7) is 11.2. The van der Waals surface area contributed by atoms with Crippen LogP contribution in [0.2, 0.25) is 0 Å². The summed E-state index contributed by atoms with van der Waals surface area (Å²) in [5.74, 6) is -0.0913. The lowest BCUT2D eigenvalue weighted by atomic mass is 10.0. The molecular weight excluding hydrogens is 360 g/mol. The largest absolute Gasteiger partial charge is 0.354 e. The highest BCUT2D eigenvalue weighted by atomic mass is 16.2. The highest BCUT2D eigenvalue weighted by Crippen LogP contribution is 2.18. The smallest absolute Gasteiger partial charge is 0.242 e. The molecule has 0 aliphatic carbocycles. The Balaban J connectivity index is 2.30. The Morgan fingerprint density at radius 1 is 0.966 bits per heavy atom. The van der Waals surface area contributed by atoms with Crippen LogP contribution in [0.5, 0.6) is 0 Å². The van der Waals surface area contributed by atoms with Crippen molar-refractivity contribution in [1.29, 1.82) is 0 Å². The summed E-state index contributed by atoms with van der Waals surface area (Å²) in [6.07, 6.45) is 1.75. The van der Waals surface area contributed by atoms with Gasteiger partial charge < -0.3 is 10.2 Å². The molecule has 29 heavy (non-hydrogen) atoms. The summed E-state index contributed by atoms with van der Waals surface area (Å²) < 4.78 is 0. The Morgan fingerprint density at radius 3 is 2.31 bits per heavy atom. The van der Waals surface area contributed by atoms with Crippen molar-refractivity contribution in [3.63, 3.8) is 0 Å². The first-order valence-corrected chi connectivity index (χ1v) is 10.5. The maximum atomic E-state index is 13.3. The number of rotatable bonds is 9. The van der Waals surface area contributed by atoms with Crippen LogP contribution in [-0.2, 0) is 22.6 Å².